The molecule has 1 heterocycles. The number of imide groups is 1. The quantitative estimate of drug-likeness (QED) is 0.802. The Labute approximate surface area is 136 Å². The average Bonchev–Trinajstić information content (AvgIpc) is 3.26. The second-order valence-electron chi connectivity index (χ2n) is 6.69. The summed E-state index contributed by atoms with van der Waals surface area (Å²) < 4.78 is 0. The second kappa shape index (κ2) is 5.80. The van der Waals surface area contributed by atoms with Crippen molar-refractivity contribution in [2.75, 3.05) is 4.90 Å². The first-order valence-corrected chi connectivity index (χ1v) is 8.15. The number of amides is 3. The lowest BCUT2D eigenvalue weighted by Gasteiger charge is -2.26. The lowest BCUT2D eigenvalue weighted by Crippen LogP contribution is -2.45. The molecule has 3 rings (SSSR count). The molecule has 0 N–H and O–H groups in total. The number of anilines is 1. The van der Waals surface area contributed by atoms with E-state index in [1.807, 2.05) is 24.3 Å². The first-order valence-electron chi connectivity index (χ1n) is 8.15. The van der Waals surface area contributed by atoms with Crippen LogP contribution in [0.3, 0.4) is 0 Å². The smallest absolute Gasteiger partial charge is 0.257 e. The van der Waals surface area contributed by atoms with Crippen molar-refractivity contribution in [2.24, 2.45) is 0 Å². The van der Waals surface area contributed by atoms with Crippen molar-refractivity contribution in [3.8, 4) is 0 Å². The van der Waals surface area contributed by atoms with Crippen molar-refractivity contribution in [3.05, 3.63) is 29.8 Å². The van der Waals surface area contributed by atoms with Gasteiger partial charge >= 0.3 is 0 Å². The Balaban J connectivity index is 1.85. The zero-order valence-corrected chi connectivity index (χ0v) is 13.8. The van der Waals surface area contributed by atoms with Gasteiger partial charge in [0.15, 0.2) is 0 Å². The Kier molecular flexibility index (Phi) is 3.96. The molecule has 0 aromatic heterocycles. The Morgan fingerprint density at radius 1 is 1.17 bits per heavy atom. The maximum Gasteiger partial charge on any atom is 0.257 e. The number of hydrogen-bond donors (Lipinski definition) is 0. The van der Waals surface area contributed by atoms with Crippen LogP contribution in [0, 0.1) is 0 Å². The Morgan fingerprint density at radius 3 is 2.26 bits per heavy atom. The third-order valence-electron chi connectivity index (χ3n) is 4.58. The van der Waals surface area contributed by atoms with Gasteiger partial charge in [-0.15, -0.1) is 0 Å². The van der Waals surface area contributed by atoms with Crippen LogP contribution in [-0.4, -0.2) is 34.7 Å². The van der Waals surface area contributed by atoms with Gasteiger partial charge in [-0.05, 0) is 36.5 Å². The lowest BCUT2D eigenvalue weighted by atomic mass is 10.0. The fourth-order valence-electron chi connectivity index (χ4n) is 3.20. The molecular formula is C18H22N2O3. The van der Waals surface area contributed by atoms with Gasteiger partial charge in [-0.25, -0.2) is 4.90 Å². The Bertz CT molecular complexity index is 647. The van der Waals surface area contributed by atoms with E-state index in [0.717, 1.165) is 18.4 Å². The van der Waals surface area contributed by atoms with Gasteiger partial charge in [0, 0.05) is 13.0 Å². The van der Waals surface area contributed by atoms with Crippen LogP contribution < -0.4 is 4.90 Å². The van der Waals surface area contributed by atoms with E-state index in [9.17, 15) is 14.4 Å². The van der Waals surface area contributed by atoms with Crippen LogP contribution in [0.1, 0.15) is 51.5 Å². The Morgan fingerprint density at radius 2 is 1.78 bits per heavy atom. The fraction of sp³-hybridized carbons (Fsp3) is 0.500. The van der Waals surface area contributed by atoms with Gasteiger partial charge in [0.1, 0.15) is 6.04 Å². The number of benzene rings is 1. The number of nitrogens with zero attached hydrogens (tertiary/aromatic N) is 2. The summed E-state index contributed by atoms with van der Waals surface area (Å²) in [7, 11) is 0. The molecular weight excluding hydrogens is 292 g/mol. The average molecular weight is 314 g/mol. The molecule has 1 aromatic carbocycles. The normalized spacial score (nSPS) is 21.2. The van der Waals surface area contributed by atoms with Crippen LogP contribution in [0.2, 0.25) is 0 Å². The van der Waals surface area contributed by atoms with E-state index in [0.29, 0.717) is 11.6 Å². The van der Waals surface area contributed by atoms with Crippen molar-refractivity contribution >= 4 is 23.4 Å². The monoisotopic (exact) mass is 314 g/mol. The van der Waals surface area contributed by atoms with E-state index in [1.54, 1.807) is 4.90 Å². The van der Waals surface area contributed by atoms with Crippen LogP contribution in [0.15, 0.2) is 24.3 Å². The molecule has 2 aliphatic rings. The van der Waals surface area contributed by atoms with Crippen LogP contribution in [0.25, 0.3) is 0 Å². The molecule has 2 fully saturated rings. The van der Waals surface area contributed by atoms with E-state index in [-0.39, 0.29) is 30.2 Å². The highest BCUT2D eigenvalue weighted by molar-refractivity contribution is 6.23. The van der Waals surface area contributed by atoms with Crippen molar-refractivity contribution in [1.29, 1.82) is 0 Å². The summed E-state index contributed by atoms with van der Waals surface area (Å²) in [5, 5.41) is 0. The predicted octanol–water partition coefficient (Wildman–Crippen LogP) is 2.45. The minimum Gasteiger partial charge on any atom is -0.327 e. The molecule has 1 aliphatic carbocycles. The van der Waals surface area contributed by atoms with E-state index in [2.05, 4.69) is 13.8 Å². The molecule has 1 atom stereocenters. The molecule has 0 radical (unpaired) electrons. The van der Waals surface area contributed by atoms with Crippen molar-refractivity contribution in [3.63, 3.8) is 0 Å². The molecule has 122 valence electrons. The van der Waals surface area contributed by atoms with Gasteiger partial charge in [-0.2, -0.15) is 0 Å². The molecule has 1 aliphatic heterocycles. The largest absolute Gasteiger partial charge is 0.327 e. The zero-order chi connectivity index (χ0) is 16.7. The molecule has 1 saturated heterocycles. The molecule has 5 heteroatoms. The highest BCUT2D eigenvalue weighted by Crippen LogP contribution is 2.34. The first-order chi connectivity index (χ1) is 10.9. The van der Waals surface area contributed by atoms with Gasteiger partial charge < -0.3 is 4.90 Å². The van der Waals surface area contributed by atoms with Crippen LogP contribution in [0.4, 0.5) is 5.69 Å². The molecule has 0 spiro atoms. The Hall–Kier alpha value is -2.17. The van der Waals surface area contributed by atoms with Crippen LogP contribution in [0.5, 0.6) is 0 Å². The molecule has 1 saturated carbocycles. The van der Waals surface area contributed by atoms with Crippen LogP contribution in [-0.2, 0) is 14.4 Å². The minimum absolute atomic E-state index is 0.0842. The molecule has 1 unspecified atom stereocenters. The lowest BCUT2D eigenvalue weighted by molar-refractivity contribution is -0.137. The first kappa shape index (κ1) is 15.7. The molecule has 1 aromatic rings. The maximum absolute atomic E-state index is 12.7. The van der Waals surface area contributed by atoms with Gasteiger partial charge in [-0.1, -0.05) is 26.0 Å². The van der Waals surface area contributed by atoms with Gasteiger partial charge in [0.2, 0.25) is 11.8 Å². The summed E-state index contributed by atoms with van der Waals surface area (Å²) in [6.45, 7) is 5.66. The topological polar surface area (TPSA) is 57.7 Å². The summed E-state index contributed by atoms with van der Waals surface area (Å²) in [5.41, 5.74) is 1.75. The fourth-order valence-corrected chi connectivity index (χ4v) is 3.20. The summed E-state index contributed by atoms with van der Waals surface area (Å²) in [5.74, 6) is -0.251. The summed E-state index contributed by atoms with van der Waals surface area (Å²) in [4.78, 5) is 39.8. The summed E-state index contributed by atoms with van der Waals surface area (Å²) in [6, 6.07) is 6.98. The van der Waals surface area contributed by atoms with Crippen LogP contribution >= 0.6 is 0 Å². The predicted molar refractivity (Wildman–Crippen MR) is 87.0 cm³/mol. The third kappa shape index (κ3) is 2.87. The van der Waals surface area contributed by atoms with E-state index in [4.69, 9.17) is 0 Å². The number of carbonyl (C=O) groups is 3. The van der Waals surface area contributed by atoms with E-state index < -0.39 is 6.04 Å². The number of carbonyl (C=O) groups excluding carboxylic acids is 3. The van der Waals surface area contributed by atoms with Crippen molar-refractivity contribution < 1.29 is 14.4 Å². The SMILES string of the molecule is CC(=O)N(C1CC1)C1CC(=O)N(c2ccc(C(C)C)cc2)C1=O. The molecule has 23 heavy (non-hydrogen) atoms. The highest BCUT2D eigenvalue weighted by atomic mass is 16.2. The molecule has 0 bridgehead atoms. The zero-order valence-electron chi connectivity index (χ0n) is 13.8. The number of hydrogen-bond acceptors (Lipinski definition) is 3. The number of rotatable bonds is 4. The van der Waals surface area contributed by atoms with Crippen molar-refractivity contribution in [2.45, 2.75) is 58.0 Å². The van der Waals surface area contributed by atoms with Gasteiger partial charge in [0.05, 0.1) is 12.1 Å². The standard InChI is InChI=1S/C18H22N2O3/c1-11(2)13-4-6-15(7-5-13)20-17(22)10-16(18(20)23)19(12(3)21)14-8-9-14/h4-7,11,14,16H,8-10H2,1-3H3. The molecule has 3 amide bonds. The highest BCUT2D eigenvalue weighted by Gasteiger charge is 2.47. The van der Waals surface area contributed by atoms with E-state index in [1.165, 1.54) is 11.8 Å². The van der Waals surface area contributed by atoms with Crippen molar-refractivity contribution in [1.82, 2.24) is 4.90 Å². The van der Waals surface area contributed by atoms with Gasteiger partial charge in [-0.3, -0.25) is 14.4 Å². The second-order valence-corrected chi connectivity index (χ2v) is 6.69. The minimum atomic E-state index is -0.641. The molecule has 5 nitrogen and oxygen atoms in total. The summed E-state index contributed by atoms with van der Waals surface area (Å²) in [6.07, 6.45) is 1.92. The summed E-state index contributed by atoms with van der Waals surface area (Å²) >= 11 is 0. The third-order valence-corrected chi connectivity index (χ3v) is 4.58. The van der Waals surface area contributed by atoms with Gasteiger partial charge in [0.25, 0.3) is 5.91 Å². The van der Waals surface area contributed by atoms with E-state index >= 15 is 0 Å². The maximum atomic E-state index is 12.7.